The lowest BCUT2D eigenvalue weighted by molar-refractivity contribution is 0.516. The number of aryl methyl sites for hydroxylation is 1. The SMILES string of the molecule is ClCCc1nnc(Nc2ncccn2)o1. The molecule has 2 heterocycles. The smallest absolute Gasteiger partial charge is 0.322 e. The number of hydrogen-bond donors (Lipinski definition) is 1. The second kappa shape index (κ2) is 4.70. The van der Waals surface area contributed by atoms with Gasteiger partial charge in [-0.2, -0.15) is 0 Å². The Labute approximate surface area is 90.7 Å². The Morgan fingerprint density at radius 3 is 2.80 bits per heavy atom. The number of nitrogens with one attached hydrogen (secondary N) is 1. The van der Waals surface area contributed by atoms with Gasteiger partial charge in [-0.05, 0) is 6.07 Å². The molecule has 78 valence electrons. The zero-order valence-corrected chi connectivity index (χ0v) is 8.48. The van der Waals surface area contributed by atoms with Crippen LogP contribution in [0.2, 0.25) is 0 Å². The molecular weight excluding hydrogens is 218 g/mol. The first-order valence-electron chi connectivity index (χ1n) is 4.31. The molecule has 0 saturated heterocycles. The molecule has 0 bridgehead atoms. The van der Waals surface area contributed by atoms with Gasteiger partial charge < -0.3 is 4.42 Å². The normalized spacial score (nSPS) is 10.2. The van der Waals surface area contributed by atoms with E-state index >= 15 is 0 Å². The number of alkyl halides is 1. The average molecular weight is 226 g/mol. The Morgan fingerprint density at radius 1 is 1.27 bits per heavy atom. The molecule has 2 rings (SSSR count). The number of halogens is 1. The highest BCUT2D eigenvalue weighted by molar-refractivity contribution is 6.17. The lowest BCUT2D eigenvalue weighted by atomic mass is 10.5. The minimum Gasteiger partial charge on any atom is -0.408 e. The van der Waals surface area contributed by atoms with Gasteiger partial charge >= 0.3 is 6.01 Å². The quantitative estimate of drug-likeness (QED) is 0.793. The van der Waals surface area contributed by atoms with E-state index in [1.807, 2.05) is 0 Å². The minimum absolute atomic E-state index is 0.265. The summed E-state index contributed by atoms with van der Waals surface area (Å²) in [7, 11) is 0. The summed E-state index contributed by atoms with van der Waals surface area (Å²) >= 11 is 5.53. The molecular formula is C8H8ClN5O. The molecule has 15 heavy (non-hydrogen) atoms. The fourth-order valence-electron chi connectivity index (χ4n) is 0.945. The molecule has 0 radical (unpaired) electrons. The van der Waals surface area contributed by atoms with Crippen molar-refractivity contribution in [3.05, 3.63) is 24.4 Å². The van der Waals surface area contributed by atoms with Crippen molar-refractivity contribution in [2.75, 3.05) is 11.2 Å². The largest absolute Gasteiger partial charge is 0.408 e. The summed E-state index contributed by atoms with van der Waals surface area (Å²) in [5.41, 5.74) is 0. The van der Waals surface area contributed by atoms with E-state index in [0.29, 0.717) is 24.1 Å². The van der Waals surface area contributed by atoms with Gasteiger partial charge in [-0.25, -0.2) is 9.97 Å². The van der Waals surface area contributed by atoms with Crippen molar-refractivity contribution < 1.29 is 4.42 Å². The minimum atomic E-state index is 0.265. The molecule has 6 nitrogen and oxygen atoms in total. The summed E-state index contributed by atoms with van der Waals surface area (Å²) in [5.74, 6) is 1.35. The molecule has 2 aromatic rings. The van der Waals surface area contributed by atoms with Crippen molar-refractivity contribution in [1.29, 1.82) is 0 Å². The molecule has 0 atom stereocenters. The van der Waals surface area contributed by atoms with E-state index in [1.54, 1.807) is 18.5 Å². The Bertz CT molecular complexity index is 418. The Kier molecular flexibility index (Phi) is 3.08. The predicted molar refractivity (Wildman–Crippen MR) is 54.0 cm³/mol. The van der Waals surface area contributed by atoms with Crippen LogP contribution in [0, 0.1) is 0 Å². The first kappa shape index (κ1) is 9.85. The van der Waals surface area contributed by atoms with Crippen LogP contribution in [0.4, 0.5) is 12.0 Å². The van der Waals surface area contributed by atoms with Crippen molar-refractivity contribution in [3.63, 3.8) is 0 Å². The van der Waals surface area contributed by atoms with Crippen LogP contribution < -0.4 is 5.32 Å². The lowest BCUT2D eigenvalue weighted by Gasteiger charge is -1.96. The van der Waals surface area contributed by atoms with Crippen LogP contribution in [0.25, 0.3) is 0 Å². The molecule has 0 aromatic carbocycles. The van der Waals surface area contributed by atoms with Gasteiger partial charge in [0.25, 0.3) is 0 Å². The van der Waals surface area contributed by atoms with E-state index in [0.717, 1.165) is 0 Å². The molecule has 0 saturated carbocycles. The molecule has 0 unspecified atom stereocenters. The lowest BCUT2D eigenvalue weighted by Crippen LogP contribution is -1.95. The van der Waals surface area contributed by atoms with Gasteiger partial charge in [0.05, 0.1) is 0 Å². The van der Waals surface area contributed by atoms with Crippen molar-refractivity contribution in [1.82, 2.24) is 20.2 Å². The second-order valence-electron chi connectivity index (χ2n) is 2.64. The fraction of sp³-hybridized carbons (Fsp3) is 0.250. The molecule has 7 heteroatoms. The van der Waals surface area contributed by atoms with Gasteiger partial charge in [-0.3, -0.25) is 5.32 Å². The van der Waals surface area contributed by atoms with Crippen LogP contribution in [0.5, 0.6) is 0 Å². The highest BCUT2D eigenvalue weighted by Crippen LogP contribution is 2.10. The van der Waals surface area contributed by atoms with E-state index in [9.17, 15) is 0 Å². The van der Waals surface area contributed by atoms with Crippen molar-refractivity contribution in [2.24, 2.45) is 0 Å². The zero-order valence-electron chi connectivity index (χ0n) is 7.72. The van der Waals surface area contributed by atoms with Gasteiger partial charge in [0, 0.05) is 24.7 Å². The first-order chi connectivity index (χ1) is 7.38. The fourth-order valence-corrected chi connectivity index (χ4v) is 1.11. The molecule has 0 aliphatic rings. The van der Waals surface area contributed by atoms with Gasteiger partial charge in [0.1, 0.15) is 0 Å². The molecule has 2 aromatic heterocycles. The van der Waals surface area contributed by atoms with Crippen LogP contribution in [-0.4, -0.2) is 26.0 Å². The number of aromatic nitrogens is 4. The Morgan fingerprint density at radius 2 is 2.07 bits per heavy atom. The molecule has 0 aliphatic carbocycles. The predicted octanol–water partition coefficient (Wildman–Crippen LogP) is 1.38. The highest BCUT2D eigenvalue weighted by atomic mass is 35.5. The van der Waals surface area contributed by atoms with Gasteiger partial charge in [0.15, 0.2) is 0 Å². The maximum absolute atomic E-state index is 5.53. The summed E-state index contributed by atoms with van der Waals surface area (Å²) in [6.45, 7) is 0. The standard InChI is InChI=1S/C8H8ClN5O/c9-3-2-6-13-14-8(15-6)12-7-10-4-1-5-11-7/h1,4-5H,2-3H2,(H,10,11,12,14). The molecule has 0 amide bonds. The molecule has 0 fully saturated rings. The van der Waals surface area contributed by atoms with Crippen LogP contribution in [0.1, 0.15) is 5.89 Å². The summed E-state index contributed by atoms with van der Waals surface area (Å²) in [6, 6.07) is 1.99. The molecule has 1 N–H and O–H groups in total. The Balaban J connectivity index is 2.05. The van der Waals surface area contributed by atoms with Gasteiger partial charge in [-0.1, -0.05) is 5.10 Å². The van der Waals surface area contributed by atoms with E-state index < -0.39 is 0 Å². The third kappa shape index (κ3) is 2.63. The third-order valence-corrected chi connectivity index (χ3v) is 1.75. The van der Waals surface area contributed by atoms with E-state index in [1.165, 1.54) is 0 Å². The monoisotopic (exact) mass is 225 g/mol. The van der Waals surface area contributed by atoms with Gasteiger partial charge in [0.2, 0.25) is 11.8 Å². The maximum Gasteiger partial charge on any atom is 0.322 e. The summed E-state index contributed by atoms with van der Waals surface area (Å²) < 4.78 is 5.23. The van der Waals surface area contributed by atoms with Crippen LogP contribution in [0.15, 0.2) is 22.9 Å². The topological polar surface area (TPSA) is 76.7 Å². The van der Waals surface area contributed by atoms with Crippen molar-refractivity contribution in [3.8, 4) is 0 Å². The third-order valence-electron chi connectivity index (χ3n) is 1.56. The first-order valence-corrected chi connectivity index (χ1v) is 4.84. The summed E-state index contributed by atoms with van der Waals surface area (Å²) in [6.07, 6.45) is 3.78. The number of hydrogen-bond acceptors (Lipinski definition) is 6. The number of anilines is 2. The van der Waals surface area contributed by atoms with Gasteiger partial charge in [-0.15, -0.1) is 16.7 Å². The van der Waals surface area contributed by atoms with Crippen molar-refractivity contribution >= 4 is 23.6 Å². The maximum atomic E-state index is 5.53. The van der Waals surface area contributed by atoms with E-state index in [4.69, 9.17) is 16.0 Å². The summed E-state index contributed by atoms with van der Waals surface area (Å²) in [5, 5.41) is 10.3. The summed E-state index contributed by atoms with van der Waals surface area (Å²) in [4.78, 5) is 7.91. The molecule has 0 spiro atoms. The Hall–Kier alpha value is -1.69. The highest BCUT2D eigenvalue weighted by Gasteiger charge is 2.05. The second-order valence-corrected chi connectivity index (χ2v) is 3.02. The van der Waals surface area contributed by atoms with Crippen LogP contribution >= 0.6 is 11.6 Å². The zero-order chi connectivity index (χ0) is 10.5. The number of nitrogens with zero attached hydrogens (tertiary/aromatic N) is 4. The van der Waals surface area contributed by atoms with Crippen LogP contribution in [-0.2, 0) is 6.42 Å². The van der Waals surface area contributed by atoms with E-state index in [2.05, 4.69) is 25.5 Å². The molecule has 0 aliphatic heterocycles. The van der Waals surface area contributed by atoms with Crippen molar-refractivity contribution in [2.45, 2.75) is 6.42 Å². The number of rotatable bonds is 4. The van der Waals surface area contributed by atoms with E-state index in [-0.39, 0.29) is 6.01 Å². The van der Waals surface area contributed by atoms with Crippen LogP contribution in [0.3, 0.4) is 0 Å². The average Bonchev–Trinajstić information content (AvgIpc) is 2.68.